The summed E-state index contributed by atoms with van der Waals surface area (Å²) in [7, 11) is 0. The summed E-state index contributed by atoms with van der Waals surface area (Å²) in [5.74, 6) is -0.655. The van der Waals surface area contributed by atoms with Crippen molar-refractivity contribution < 1.29 is 14.3 Å². The number of hydrogen-bond donors (Lipinski definition) is 2. The second-order valence-corrected chi connectivity index (χ2v) is 5.64. The third-order valence-corrected chi connectivity index (χ3v) is 3.96. The molecule has 7 heteroatoms. The van der Waals surface area contributed by atoms with Crippen LogP contribution in [-0.4, -0.2) is 22.5 Å². The summed E-state index contributed by atoms with van der Waals surface area (Å²) in [5.41, 5.74) is 0.879. The van der Waals surface area contributed by atoms with E-state index in [0.29, 0.717) is 11.4 Å². The highest BCUT2D eigenvalue weighted by molar-refractivity contribution is 7.71. The summed E-state index contributed by atoms with van der Waals surface area (Å²) in [6, 6.07) is 9.39. The summed E-state index contributed by atoms with van der Waals surface area (Å²) in [5, 5.41) is 0. The summed E-state index contributed by atoms with van der Waals surface area (Å²) in [6.45, 7) is 2.02. The Morgan fingerprint density at radius 2 is 2.09 bits per heavy atom. The van der Waals surface area contributed by atoms with E-state index in [9.17, 15) is 9.59 Å². The molecule has 0 saturated carbocycles. The Morgan fingerprint density at radius 1 is 1.35 bits per heavy atom. The molecule has 2 atom stereocenters. The van der Waals surface area contributed by atoms with Crippen LogP contribution >= 0.6 is 12.2 Å². The van der Waals surface area contributed by atoms with Crippen molar-refractivity contribution in [2.45, 2.75) is 19.4 Å². The fourth-order valence-corrected chi connectivity index (χ4v) is 2.90. The van der Waals surface area contributed by atoms with Gasteiger partial charge in [0.2, 0.25) is 5.88 Å². The third kappa shape index (κ3) is 3.05. The Morgan fingerprint density at radius 3 is 2.78 bits per heavy atom. The molecule has 1 aliphatic heterocycles. The van der Waals surface area contributed by atoms with Crippen molar-refractivity contribution in [1.82, 2.24) is 9.97 Å². The van der Waals surface area contributed by atoms with Gasteiger partial charge in [-0.3, -0.25) is 14.6 Å². The highest BCUT2D eigenvalue weighted by Crippen LogP contribution is 2.36. The zero-order valence-electron chi connectivity index (χ0n) is 12.5. The highest BCUT2D eigenvalue weighted by atomic mass is 32.1. The number of carbonyl (C=O) groups is 1. The standard InChI is InChI=1S/C16H16N2O4S/c1-2-21-15(20)10-8-11-13(19)17-16(23)18-14(11)22-12(10)9-6-4-3-5-7-9/h3-7,10,12H,2,8H2,1H3,(H2,17,18,19,23)/t10-,12-/m1/s1. The molecular formula is C16H16N2O4S. The van der Waals surface area contributed by atoms with Crippen molar-refractivity contribution in [2.75, 3.05) is 6.61 Å². The lowest BCUT2D eigenvalue weighted by Gasteiger charge is -2.31. The van der Waals surface area contributed by atoms with Crippen LogP contribution in [0.15, 0.2) is 35.1 Å². The molecule has 0 spiro atoms. The molecule has 2 heterocycles. The zero-order valence-corrected chi connectivity index (χ0v) is 13.3. The van der Waals surface area contributed by atoms with Gasteiger partial charge in [0.1, 0.15) is 12.0 Å². The number of esters is 1. The van der Waals surface area contributed by atoms with Gasteiger partial charge in [-0.15, -0.1) is 0 Å². The number of H-pyrrole nitrogens is 2. The summed E-state index contributed by atoms with van der Waals surface area (Å²) >= 11 is 4.98. The number of aromatic amines is 2. The third-order valence-electron chi connectivity index (χ3n) is 3.75. The van der Waals surface area contributed by atoms with Gasteiger partial charge >= 0.3 is 5.97 Å². The fraction of sp³-hybridized carbons (Fsp3) is 0.312. The average Bonchev–Trinajstić information content (AvgIpc) is 2.54. The molecule has 1 aromatic carbocycles. The topological polar surface area (TPSA) is 84.2 Å². The Labute approximate surface area is 137 Å². The van der Waals surface area contributed by atoms with Gasteiger partial charge in [0.15, 0.2) is 4.77 Å². The average molecular weight is 332 g/mol. The first-order valence-electron chi connectivity index (χ1n) is 7.34. The van der Waals surface area contributed by atoms with Crippen LogP contribution in [0.3, 0.4) is 0 Å². The van der Waals surface area contributed by atoms with E-state index in [-0.39, 0.29) is 29.3 Å². The minimum Gasteiger partial charge on any atom is -0.469 e. The minimum atomic E-state index is -0.588. The normalized spacial score (nSPS) is 19.5. The molecule has 3 rings (SSSR count). The van der Waals surface area contributed by atoms with Gasteiger partial charge in [0.05, 0.1) is 12.2 Å². The lowest BCUT2D eigenvalue weighted by molar-refractivity contribution is -0.152. The van der Waals surface area contributed by atoms with Gasteiger partial charge in [-0.1, -0.05) is 30.3 Å². The molecule has 0 amide bonds. The smallest absolute Gasteiger partial charge is 0.313 e. The van der Waals surface area contributed by atoms with Crippen molar-refractivity contribution in [1.29, 1.82) is 0 Å². The van der Waals surface area contributed by atoms with Crippen molar-refractivity contribution in [3.8, 4) is 5.88 Å². The number of ether oxygens (including phenoxy) is 2. The quantitative estimate of drug-likeness (QED) is 0.665. The molecule has 23 heavy (non-hydrogen) atoms. The minimum absolute atomic E-state index is 0.190. The molecule has 0 unspecified atom stereocenters. The van der Waals surface area contributed by atoms with Crippen molar-refractivity contribution in [3.05, 3.63) is 56.6 Å². The first kappa shape index (κ1) is 15.5. The molecule has 0 saturated heterocycles. The predicted octanol–water partition coefficient (Wildman–Crippen LogP) is 2.29. The van der Waals surface area contributed by atoms with Crippen molar-refractivity contribution in [3.63, 3.8) is 0 Å². The molecule has 0 fully saturated rings. The van der Waals surface area contributed by atoms with E-state index in [1.54, 1.807) is 6.92 Å². The van der Waals surface area contributed by atoms with E-state index in [1.165, 1.54) is 0 Å². The summed E-state index contributed by atoms with van der Waals surface area (Å²) < 4.78 is 11.3. The van der Waals surface area contributed by atoms with E-state index in [4.69, 9.17) is 21.7 Å². The van der Waals surface area contributed by atoms with E-state index >= 15 is 0 Å². The number of hydrogen-bond acceptors (Lipinski definition) is 5. The molecule has 6 nitrogen and oxygen atoms in total. The molecule has 0 aliphatic carbocycles. The number of carbonyl (C=O) groups excluding carboxylic acids is 1. The van der Waals surface area contributed by atoms with Crippen LogP contribution in [0.25, 0.3) is 0 Å². The zero-order chi connectivity index (χ0) is 16.4. The van der Waals surface area contributed by atoms with Gasteiger partial charge in [-0.2, -0.15) is 0 Å². The van der Waals surface area contributed by atoms with Gasteiger partial charge in [-0.05, 0) is 24.7 Å². The van der Waals surface area contributed by atoms with Crippen LogP contribution < -0.4 is 10.3 Å². The van der Waals surface area contributed by atoms with Gasteiger partial charge < -0.3 is 14.5 Å². The SMILES string of the molecule is CCOC(=O)[C@@H]1Cc2c([nH]c(=S)[nH]c2=O)O[C@@H]1c1ccccc1. The van der Waals surface area contributed by atoms with Gasteiger partial charge in [0, 0.05) is 6.42 Å². The molecule has 0 bridgehead atoms. The van der Waals surface area contributed by atoms with Gasteiger partial charge in [0.25, 0.3) is 5.56 Å². The first-order valence-corrected chi connectivity index (χ1v) is 7.74. The fourth-order valence-electron chi connectivity index (χ4n) is 2.71. The number of fused-ring (bicyclic) bond motifs is 1. The maximum Gasteiger partial charge on any atom is 0.313 e. The summed E-state index contributed by atoms with van der Waals surface area (Å²) in [4.78, 5) is 29.8. The molecule has 2 aromatic rings. The lowest BCUT2D eigenvalue weighted by Crippen LogP contribution is -2.36. The highest BCUT2D eigenvalue weighted by Gasteiger charge is 2.38. The number of aromatic nitrogens is 2. The number of nitrogens with one attached hydrogen (secondary N) is 2. The van der Waals surface area contributed by atoms with Crippen LogP contribution in [0.1, 0.15) is 24.2 Å². The first-order chi connectivity index (χ1) is 11.1. The Balaban J connectivity index is 2.06. The molecule has 2 N–H and O–H groups in total. The predicted molar refractivity (Wildman–Crippen MR) is 85.9 cm³/mol. The van der Waals surface area contributed by atoms with Gasteiger partial charge in [-0.25, -0.2) is 0 Å². The Kier molecular flexibility index (Phi) is 4.29. The molecule has 1 aliphatic rings. The Bertz CT molecular complexity index is 828. The largest absolute Gasteiger partial charge is 0.469 e. The molecule has 1 aromatic heterocycles. The second kappa shape index (κ2) is 6.37. The monoisotopic (exact) mass is 332 g/mol. The molecule has 120 valence electrons. The van der Waals surface area contributed by atoms with E-state index in [0.717, 1.165) is 5.56 Å². The van der Waals surface area contributed by atoms with Crippen molar-refractivity contribution >= 4 is 18.2 Å². The number of benzene rings is 1. The second-order valence-electron chi connectivity index (χ2n) is 5.23. The van der Waals surface area contributed by atoms with Crippen LogP contribution in [0, 0.1) is 10.7 Å². The van der Waals surface area contributed by atoms with E-state index in [1.807, 2.05) is 30.3 Å². The van der Waals surface area contributed by atoms with Crippen LogP contribution in [0.5, 0.6) is 5.88 Å². The maximum atomic E-state index is 12.3. The van der Waals surface area contributed by atoms with Crippen molar-refractivity contribution in [2.24, 2.45) is 5.92 Å². The van der Waals surface area contributed by atoms with Crippen LogP contribution in [-0.2, 0) is 16.0 Å². The summed E-state index contributed by atoms with van der Waals surface area (Å²) in [6.07, 6.45) is -0.301. The molecular weight excluding hydrogens is 316 g/mol. The lowest BCUT2D eigenvalue weighted by atomic mass is 9.88. The molecule has 0 radical (unpaired) electrons. The Hall–Kier alpha value is -2.41. The van der Waals surface area contributed by atoms with E-state index in [2.05, 4.69) is 9.97 Å². The van der Waals surface area contributed by atoms with E-state index < -0.39 is 12.0 Å². The van der Waals surface area contributed by atoms with Crippen LogP contribution in [0.2, 0.25) is 0 Å². The van der Waals surface area contributed by atoms with Crippen LogP contribution in [0.4, 0.5) is 0 Å². The number of rotatable bonds is 3. The maximum absolute atomic E-state index is 12.3.